The van der Waals surface area contributed by atoms with Crippen molar-refractivity contribution in [1.82, 2.24) is 9.88 Å². The molecular formula is C17H17BrN2O. The Morgan fingerprint density at radius 3 is 2.67 bits per heavy atom. The van der Waals surface area contributed by atoms with Crippen LogP contribution in [0.15, 0.2) is 53.3 Å². The molecule has 2 heterocycles. The molecule has 1 atom stereocenters. The molecule has 1 saturated heterocycles. The van der Waals surface area contributed by atoms with Gasteiger partial charge in [-0.3, -0.25) is 4.79 Å². The molecule has 0 spiro atoms. The van der Waals surface area contributed by atoms with Crippen LogP contribution in [0.5, 0.6) is 0 Å². The third-order valence-electron chi connectivity index (χ3n) is 3.92. The summed E-state index contributed by atoms with van der Waals surface area (Å²) in [7, 11) is 0. The average Bonchev–Trinajstić information content (AvgIpc) is 2.56. The predicted molar refractivity (Wildman–Crippen MR) is 86.0 cm³/mol. The number of rotatable bonds is 2. The first-order chi connectivity index (χ1) is 10.3. The Kier molecular flexibility index (Phi) is 4.34. The Balaban J connectivity index is 1.88. The summed E-state index contributed by atoms with van der Waals surface area (Å²) in [5.74, 6) is 0.114. The van der Waals surface area contributed by atoms with Crippen LogP contribution < -0.4 is 0 Å². The zero-order valence-electron chi connectivity index (χ0n) is 11.7. The number of aromatic nitrogens is 1. The Morgan fingerprint density at radius 2 is 1.95 bits per heavy atom. The molecule has 0 bridgehead atoms. The van der Waals surface area contributed by atoms with Crippen LogP contribution in [-0.4, -0.2) is 22.3 Å². The van der Waals surface area contributed by atoms with Crippen molar-refractivity contribution in [2.45, 2.75) is 25.3 Å². The second-order valence-corrected chi connectivity index (χ2v) is 6.10. The molecule has 1 fully saturated rings. The fourth-order valence-electron chi connectivity index (χ4n) is 2.85. The first kappa shape index (κ1) is 14.3. The fraction of sp³-hybridized carbons (Fsp3) is 0.294. The summed E-state index contributed by atoms with van der Waals surface area (Å²) in [6, 6.07) is 13.6. The lowest BCUT2D eigenvalue weighted by molar-refractivity contribution is 0.0611. The number of hydrogen-bond acceptors (Lipinski definition) is 2. The quantitative estimate of drug-likeness (QED) is 0.764. The molecule has 1 aromatic heterocycles. The number of nitrogens with zero attached hydrogens (tertiary/aromatic N) is 2. The monoisotopic (exact) mass is 344 g/mol. The van der Waals surface area contributed by atoms with Crippen LogP contribution in [0.1, 0.15) is 41.2 Å². The number of benzene rings is 1. The molecule has 21 heavy (non-hydrogen) atoms. The van der Waals surface area contributed by atoms with Gasteiger partial charge in [-0.05, 0) is 59.0 Å². The summed E-state index contributed by atoms with van der Waals surface area (Å²) in [6.45, 7) is 0.814. The summed E-state index contributed by atoms with van der Waals surface area (Å²) in [6.07, 6.45) is 5.09. The lowest BCUT2D eigenvalue weighted by Crippen LogP contribution is -2.38. The molecule has 1 aliphatic heterocycles. The highest BCUT2D eigenvalue weighted by atomic mass is 79.9. The Labute approximate surface area is 133 Å². The van der Waals surface area contributed by atoms with E-state index in [9.17, 15) is 4.79 Å². The molecular weight excluding hydrogens is 328 g/mol. The highest BCUT2D eigenvalue weighted by Gasteiger charge is 2.28. The molecule has 3 rings (SSSR count). The van der Waals surface area contributed by atoms with Gasteiger partial charge in [0, 0.05) is 18.3 Å². The van der Waals surface area contributed by atoms with Crippen LogP contribution in [0.25, 0.3) is 0 Å². The molecule has 1 aliphatic rings. The third-order valence-corrected chi connectivity index (χ3v) is 4.39. The summed E-state index contributed by atoms with van der Waals surface area (Å²) < 4.78 is 0.822. The lowest BCUT2D eigenvalue weighted by atomic mass is 9.95. The lowest BCUT2D eigenvalue weighted by Gasteiger charge is -2.36. The second kappa shape index (κ2) is 6.39. The van der Waals surface area contributed by atoms with Crippen LogP contribution in [0, 0.1) is 0 Å². The van der Waals surface area contributed by atoms with Gasteiger partial charge in [0.1, 0.15) is 4.60 Å². The molecule has 3 nitrogen and oxygen atoms in total. The number of pyridine rings is 1. The van der Waals surface area contributed by atoms with Gasteiger partial charge in [0.15, 0.2) is 0 Å². The van der Waals surface area contributed by atoms with Crippen molar-refractivity contribution < 1.29 is 4.79 Å². The van der Waals surface area contributed by atoms with E-state index in [0.717, 1.165) is 41.5 Å². The fourth-order valence-corrected chi connectivity index (χ4v) is 3.09. The second-order valence-electron chi connectivity index (χ2n) is 5.29. The summed E-state index contributed by atoms with van der Waals surface area (Å²) >= 11 is 3.36. The first-order valence-electron chi connectivity index (χ1n) is 7.23. The van der Waals surface area contributed by atoms with Gasteiger partial charge in [-0.2, -0.15) is 0 Å². The maximum absolute atomic E-state index is 12.7. The van der Waals surface area contributed by atoms with Crippen LogP contribution in [0.2, 0.25) is 0 Å². The Hall–Kier alpha value is -1.68. The van der Waals surface area contributed by atoms with Crippen molar-refractivity contribution >= 4 is 21.8 Å². The predicted octanol–water partition coefficient (Wildman–Crippen LogP) is 4.21. The number of hydrogen-bond donors (Lipinski definition) is 0. The number of amides is 1. The number of piperidine rings is 1. The third kappa shape index (κ3) is 3.16. The van der Waals surface area contributed by atoms with Crippen molar-refractivity contribution in [2.24, 2.45) is 0 Å². The van der Waals surface area contributed by atoms with Gasteiger partial charge >= 0.3 is 0 Å². The first-order valence-corrected chi connectivity index (χ1v) is 8.02. The zero-order chi connectivity index (χ0) is 14.7. The van der Waals surface area contributed by atoms with Gasteiger partial charge in [0.05, 0.1) is 6.04 Å². The van der Waals surface area contributed by atoms with E-state index in [2.05, 4.69) is 27.0 Å². The van der Waals surface area contributed by atoms with Gasteiger partial charge in [0.25, 0.3) is 5.91 Å². The number of halogens is 1. The number of carbonyl (C=O) groups excluding carboxylic acids is 1. The van der Waals surface area contributed by atoms with Crippen molar-refractivity contribution in [3.63, 3.8) is 0 Å². The normalized spacial score (nSPS) is 18.5. The maximum atomic E-state index is 12.7. The minimum absolute atomic E-state index is 0.114. The molecule has 2 aromatic rings. The van der Waals surface area contributed by atoms with E-state index in [1.807, 2.05) is 47.5 Å². The smallest absolute Gasteiger partial charge is 0.254 e. The van der Waals surface area contributed by atoms with E-state index < -0.39 is 0 Å². The molecule has 4 heteroatoms. The zero-order valence-corrected chi connectivity index (χ0v) is 13.3. The molecule has 1 aromatic carbocycles. The number of carbonyl (C=O) groups is 1. The average molecular weight is 345 g/mol. The van der Waals surface area contributed by atoms with Crippen LogP contribution in [0.4, 0.5) is 0 Å². The van der Waals surface area contributed by atoms with Crippen molar-refractivity contribution in [3.05, 3.63) is 64.4 Å². The molecule has 0 radical (unpaired) electrons. The van der Waals surface area contributed by atoms with Gasteiger partial charge in [-0.1, -0.05) is 24.3 Å². The highest BCUT2D eigenvalue weighted by molar-refractivity contribution is 9.10. The minimum atomic E-state index is 0.114. The summed E-state index contributed by atoms with van der Waals surface area (Å²) in [4.78, 5) is 19.0. The van der Waals surface area contributed by atoms with E-state index >= 15 is 0 Å². The summed E-state index contributed by atoms with van der Waals surface area (Å²) in [5, 5.41) is 0. The Bertz CT molecular complexity index is 612. The van der Waals surface area contributed by atoms with Crippen molar-refractivity contribution in [3.8, 4) is 0 Å². The van der Waals surface area contributed by atoms with Crippen LogP contribution >= 0.6 is 15.9 Å². The molecule has 0 unspecified atom stereocenters. The van der Waals surface area contributed by atoms with Crippen molar-refractivity contribution in [1.29, 1.82) is 0 Å². The van der Waals surface area contributed by atoms with Crippen LogP contribution in [-0.2, 0) is 0 Å². The van der Waals surface area contributed by atoms with Gasteiger partial charge in [0.2, 0.25) is 0 Å². The Morgan fingerprint density at radius 1 is 1.14 bits per heavy atom. The SMILES string of the molecule is O=C(c1ccccc1)N1CCCC[C@@H]1c1ccc(Br)nc1. The van der Waals surface area contributed by atoms with Crippen LogP contribution in [0.3, 0.4) is 0 Å². The molecule has 108 valence electrons. The van der Waals surface area contributed by atoms with E-state index in [0.29, 0.717) is 0 Å². The standard InChI is InChI=1S/C17H17BrN2O/c18-16-10-9-14(12-19-16)15-8-4-5-11-20(15)17(21)13-6-2-1-3-7-13/h1-3,6-7,9-10,12,15H,4-5,8,11H2/t15-/m1/s1. The minimum Gasteiger partial charge on any atom is -0.332 e. The van der Waals surface area contributed by atoms with E-state index in [1.165, 1.54) is 0 Å². The summed E-state index contributed by atoms with van der Waals surface area (Å²) in [5.41, 5.74) is 1.87. The van der Waals surface area contributed by atoms with E-state index in [4.69, 9.17) is 0 Å². The van der Waals surface area contributed by atoms with Crippen molar-refractivity contribution in [2.75, 3.05) is 6.54 Å². The van der Waals surface area contributed by atoms with E-state index in [1.54, 1.807) is 0 Å². The molecule has 0 N–H and O–H groups in total. The topological polar surface area (TPSA) is 33.2 Å². The molecule has 0 saturated carbocycles. The highest BCUT2D eigenvalue weighted by Crippen LogP contribution is 2.32. The number of likely N-dealkylation sites (tertiary alicyclic amines) is 1. The maximum Gasteiger partial charge on any atom is 0.254 e. The largest absolute Gasteiger partial charge is 0.332 e. The van der Waals surface area contributed by atoms with Gasteiger partial charge < -0.3 is 4.90 Å². The van der Waals surface area contributed by atoms with Gasteiger partial charge in [-0.25, -0.2) is 4.98 Å². The van der Waals surface area contributed by atoms with E-state index in [-0.39, 0.29) is 11.9 Å². The molecule has 0 aliphatic carbocycles. The molecule has 1 amide bonds. The van der Waals surface area contributed by atoms with Gasteiger partial charge in [-0.15, -0.1) is 0 Å².